The van der Waals surface area contributed by atoms with Crippen molar-refractivity contribution < 1.29 is 10.0 Å². The lowest BCUT2D eigenvalue weighted by Crippen LogP contribution is -2.28. The molecule has 0 radical (unpaired) electrons. The van der Waals surface area contributed by atoms with Crippen molar-refractivity contribution in [2.75, 3.05) is 0 Å². The van der Waals surface area contributed by atoms with Gasteiger partial charge in [0.2, 0.25) is 0 Å². The van der Waals surface area contributed by atoms with Crippen molar-refractivity contribution in [2.45, 2.75) is 33.3 Å². The zero-order chi connectivity index (χ0) is 13.2. The zero-order valence-electron chi connectivity index (χ0n) is 9.98. The van der Waals surface area contributed by atoms with Gasteiger partial charge in [0.25, 0.3) is 5.69 Å². The molecule has 1 aromatic heterocycles. The van der Waals surface area contributed by atoms with Crippen molar-refractivity contribution >= 4 is 21.6 Å². The molecule has 0 aliphatic carbocycles. The Labute approximate surface area is 108 Å². The highest BCUT2D eigenvalue weighted by Gasteiger charge is 2.26. The van der Waals surface area contributed by atoms with Gasteiger partial charge >= 0.3 is 0 Å². The van der Waals surface area contributed by atoms with E-state index in [-0.39, 0.29) is 17.5 Å². The number of hydrogen-bond donors (Lipinski definition) is 1. The molecule has 1 N–H and O–H groups in total. The van der Waals surface area contributed by atoms with Gasteiger partial charge in [-0.05, 0) is 21.3 Å². The molecule has 94 valence electrons. The quantitative estimate of drug-likeness (QED) is 0.688. The number of rotatable bonds is 3. The van der Waals surface area contributed by atoms with Gasteiger partial charge in [-0.1, -0.05) is 20.8 Å². The first-order valence-corrected chi connectivity index (χ1v) is 5.98. The molecule has 0 saturated heterocycles. The average Bonchev–Trinajstić information content (AvgIpc) is 2.18. The Hall–Kier alpha value is -1.01. The second-order valence-corrected chi connectivity index (χ2v) is 5.88. The van der Waals surface area contributed by atoms with Gasteiger partial charge in [0.05, 0.1) is 11.0 Å². The van der Waals surface area contributed by atoms with E-state index >= 15 is 0 Å². The van der Waals surface area contributed by atoms with Gasteiger partial charge in [-0.15, -0.1) is 0 Å². The molecule has 0 aromatic carbocycles. The lowest BCUT2D eigenvalue weighted by atomic mass is 9.86. The fourth-order valence-corrected chi connectivity index (χ4v) is 1.58. The molecule has 0 fully saturated rings. The third-order valence-corrected chi connectivity index (χ3v) is 2.93. The molecule has 17 heavy (non-hydrogen) atoms. The molecular formula is C11H15BrN2O3. The first-order valence-electron chi connectivity index (χ1n) is 5.18. The van der Waals surface area contributed by atoms with Gasteiger partial charge in [0, 0.05) is 23.2 Å². The van der Waals surface area contributed by atoms with Crippen molar-refractivity contribution in [1.29, 1.82) is 0 Å². The Morgan fingerprint density at radius 2 is 2.18 bits per heavy atom. The second kappa shape index (κ2) is 5.10. The maximum atomic E-state index is 10.9. The summed E-state index contributed by atoms with van der Waals surface area (Å²) in [4.78, 5) is 14.4. The van der Waals surface area contributed by atoms with E-state index in [9.17, 15) is 15.2 Å². The van der Waals surface area contributed by atoms with Gasteiger partial charge in [-0.25, -0.2) is 0 Å². The lowest BCUT2D eigenvalue weighted by molar-refractivity contribution is -0.386. The highest BCUT2D eigenvalue weighted by atomic mass is 79.9. The summed E-state index contributed by atoms with van der Waals surface area (Å²) in [5.41, 5.74) is -0.0916. The number of pyridine rings is 1. The number of aliphatic hydroxyl groups is 1. The summed E-state index contributed by atoms with van der Waals surface area (Å²) in [6, 6.07) is 1.40. The van der Waals surface area contributed by atoms with Crippen LogP contribution in [-0.2, 0) is 6.42 Å². The van der Waals surface area contributed by atoms with Crippen molar-refractivity contribution in [1.82, 2.24) is 4.98 Å². The number of nitrogens with zero attached hydrogens (tertiary/aromatic N) is 2. The zero-order valence-corrected chi connectivity index (χ0v) is 11.6. The molecule has 0 saturated carbocycles. The average molecular weight is 303 g/mol. The van der Waals surface area contributed by atoms with Crippen LogP contribution in [0.4, 0.5) is 5.69 Å². The molecule has 0 spiro atoms. The Bertz CT molecular complexity index is 429. The van der Waals surface area contributed by atoms with Crippen molar-refractivity contribution in [3.05, 3.63) is 32.5 Å². The topological polar surface area (TPSA) is 76.3 Å². The molecule has 0 bridgehead atoms. The van der Waals surface area contributed by atoms with Crippen LogP contribution in [0.15, 0.2) is 16.7 Å². The van der Waals surface area contributed by atoms with Crippen LogP contribution in [-0.4, -0.2) is 21.1 Å². The molecule has 1 rings (SSSR count). The third kappa shape index (κ3) is 3.74. The van der Waals surface area contributed by atoms with Gasteiger partial charge in [-0.2, -0.15) is 0 Å². The summed E-state index contributed by atoms with van der Waals surface area (Å²) in [7, 11) is 0. The number of aromatic nitrogens is 1. The van der Waals surface area contributed by atoms with Crippen LogP contribution in [0.1, 0.15) is 26.5 Å². The molecule has 0 aliphatic rings. The highest BCUT2D eigenvalue weighted by molar-refractivity contribution is 9.10. The van der Waals surface area contributed by atoms with Crippen molar-refractivity contribution in [3.8, 4) is 0 Å². The van der Waals surface area contributed by atoms with E-state index < -0.39 is 11.0 Å². The van der Waals surface area contributed by atoms with E-state index in [4.69, 9.17) is 0 Å². The fourth-order valence-electron chi connectivity index (χ4n) is 1.26. The number of nitro groups is 1. The predicted molar refractivity (Wildman–Crippen MR) is 67.8 cm³/mol. The molecular weight excluding hydrogens is 288 g/mol. The first kappa shape index (κ1) is 14.1. The first-order chi connectivity index (χ1) is 7.71. The van der Waals surface area contributed by atoms with E-state index in [0.29, 0.717) is 10.2 Å². The minimum Gasteiger partial charge on any atom is -0.392 e. The Kier molecular flexibility index (Phi) is 4.21. The SMILES string of the molecule is CC(C)(C)C(O)Cc1ncc(Br)cc1[N+](=O)[O-]. The summed E-state index contributed by atoms with van der Waals surface area (Å²) in [5.74, 6) is 0. The van der Waals surface area contributed by atoms with Crippen molar-refractivity contribution in [2.24, 2.45) is 5.41 Å². The minimum atomic E-state index is -0.671. The normalized spacial score (nSPS) is 13.5. The van der Waals surface area contributed by atoms with Crippen LogP contribution in [0.3, 0.4) is 0 Å². The Morgan fingerprint density at radius 1 is 1.59 bits per heavy atom. The number of aliphatic hydroxyl groups excluding tert-OH is 1. The summed E-state index contributed by atoms with van der Waals surface area (Å²) in [6.45, 7) is 5.63. The molecule has 5 nitrogen and oxygen atoms in total. The third-order valence-electron chi connectivity index (χ3n) is 2.50. The maximum absolute atomic E-state index is 10.9. The fraction of sp³-hybridized carbons (Fsp3) is 0.545. The van der Waals surface area contributed by atoms with E-state index in [0.717, 1.165) is 0 Å². The maximum Gasteiger partial charge on any atom is 0.291 e. The molecule has 1 unspecified atom stereocenters. The summed E-state index contributed by atoms with van der Waals surface area (Å²) < 4.78 is 0.554. The molecule has 1 atom stereocenters. The highest BCUT2D eigenvalue weighted by Crippen LogP contribution is 2.27. The summed E-state index contributed by atoms with van der Waals surface area (Å²) in [6.07, 6.45) is 1.00. The van der Waals surface area contributed by atoms with Gasteiger partial charge < -0.3 is 5.11 Å². The smallest absolute Gasteiger partial charge is 0.291 e. The molecule has 6 heteroatoms. The molecule has 0 aliphatic heterocycles. The summed E-state index contributed by atoms with van der Waals surface area (Å²) >= 11 is 3.14. The van der Waals surface area contributed by atoms with E-state index in [2.05, 4.69) is 20.9 Å². The molecule has 0 amide bonds. The van der Waals surface area contributed by atoms with Crippen LogP contribution in [0.25, 0.3) is 0 Å². The van der Waals surface area contributed by atoms with Crippen LogP contribution >= 0.6 is 15.9 Å². The lowest BCUT2D eigenvalue weighted by Gasteiger charge is -2.25. The van der Waals surface area contributed by atoms with Crippen LogP contribution in [0, 0.1) is 15.5 Å². The van der Waals surface area contributed by atoms with E-state index in [1.807, 2.05) is 20.8 Å². The monoisotopic (exact) mass is 302 g/mol. The Morgan fingerprint density at radius 3 is 2.65 bits per heavy atom. The predicted octanol–water partition coefficient (Wildman–Crippen LogP) is 2.70. The van der Waals surface area contributed by atoms with Crippen LogP contribution in [0.5, 0.6) is 0 Å². The van der Waals surface area contributed by atoms with Crippen molar-refractivity contribution in [3.63, 3.8) is 0 Å². The van der Waals surface area contributed by atoms with Gasteiger partial charge in [0.15, 0.2) is 0 Å². The van der Waals surface area contributed by atoms with Gasteiger partial charge in [-0.3, -0.25) is 15.1 Å². The second-order valence-electron chi connectivity index (χ2n) is 4.96. The largest absolute Gasteiger partial charge is 0.392 e. The number of halogens is 1. The molecule has 1 aromatic rings. The Balaban J connectivity index is 3.03. The standard InChI is InChI=1S/C11H15BrN2O3/c1-11(2,3)10(15)5-8-9(14(16)17)4-7(12)6-13-8/h4,6,10,15H,5H2,1-3H3. The van der Waals surface area contributed by atoms with E-state index in [1.165, 1.54) is 12.3 Å². The summed E-state index contributed by atoms with van der Waals surface area (Å²) in [5, 5.41) is 20.8. The van der Waals surface area contributed by atoms with E-state index in [1.54, 1.807) is 0 Å². The van der Waals surface area contributed by atoms with Crippen LogP contribution < -0.4 is 0 Å². The minimum absolute atomic E-state index is 0.0670. The molecule has 1 heterocycles. The number of hydrogen-bond acceptors (Lipinski definition) is 4. The van der Waals surface area contributed by atoms with Gasteiger partial charge in [0.1, 0.15) is 5.69 Å². The van der Waals surface area contributed by atoms with Crippen LogP contribution in [0.2, 0.25) is 0 Å².